The molecule has 0 spiro atoms. The molecule has 1 aromatic rings. The molecule has 0 bridgehead atoms. The predicted octanol–water partition coefficient (Wildman–Crippen LogP) is 3.82. The number of rotatable bonds is 9. The summed E-state index contributed by atoms with van der Waals surface area (Å²) in [6.45, 7) is 14.6. The van der Waals surface area contributed by atoms with Gasteiger partial charge in [0.05, 0.1) is 11.9 Å². The number of aromatic nitrogens is 2. The highest BCUT2D eigenvalue weighted by Gasteiger charge is 2.29. The fourth-order valence-electron chi connectivity index (χ4n) is 2.14. The van der Waals surface area contributed by atoms with E-state index in [2.05, 4.69) is 42.9 Å². The zero-order valence-electron chi connectivity index (χ0n) is 11.2. The Kier molecular flexibility index (Phi) is 5.65. The molecule has 4 heteroatoms. The van der Waals surface area contributed by atoms with Crippen LogP contribution in [0.1, 0.15) is 6.92 Å². The van der Waals surface area contributed by atoms with E-state index in [1.54, 1.807) is 0 Å². The predicted molar refractivity (Wildman–Crippen MR) is 82.3 cm³/mol. The van der Waals surface area contributed by atoms with E-state index < -0.39 is 8.24 Å². The normalized spacial score (nSPS) is 10.9. The number of nitrogens with one attached hydrogen (secondary N) is 1. The second-order valence-electron chi connectivity index (χ2n) is 4.47. The Hall–Kier alpha value is -1.55. The standard InChI is InChI=1S/C14H23N3Si/c1-5-9-18(10-6-2,11-7-3)16-14-12-15-17(8-4)13-14/h5-7,12-13,16H,1-3,8-11H2,4H3. The van der Waals surface area contributed by atoms with E-state index in [1.165, 1.54) is 0 Å². The topological polar surface area (TPSA) is 29.9 Å². The summed E-state index contributed by atoms with van der Waals surface area (Å²) in [4.78, 5) is 3.69. The van der Waals surface area contributed by atoms with E-state index in [0.29, 0.717) is 0 Å². The van der Waals surface area contributed by atoms with Crippen LogP contribution in [0.5, 0.6) is 0 Å². The summed E-state index contributed by atoms with van der Waals surface area (Å²) in [5.74, 6) is 0. The van der Waals surface area contributed by atoms with Gasteiger partial charge in [0.1, 0.15) is 0 Å². The zero-order chi connectivity index (χ0) is 13.4. The first-order valence-corrected chi connectivity index (χ1v) is 8.95. The quantitative estimate of drug-likeness (QED) is 0.541. The van der Waals surface area contributed by atoms with Crippen molar-refractivity contribution in [1.82, 2.24) is 9.78 Å². The van der Waals surface area contributed by atoms with Crippen molar-refractivity contribution < 1.29 is 0 Å². The summed E-state index contributed by atoms with van der Waals surface area (Å²) < 4.78 is 1.93. The van der Waals surface area contributed by atoms with Gasteiger partial charge in [0.15, 0.2) is 8.24 Å². The van der Waals surface area contributed by atoms with Gasteiger partial charge >= 0.3 is 0 Å². The monoisotopic (exact) mass is 261 g/mol. The number of aryl methyl sites for hydroxylation is 1. The molecule has 0 fully saturated rings. The molecule has 18 heavy (non-hydrogen) atoms. The molecular formula is C14H23N3Si. The van der Waals surface area contributed by atoms with E-state index in [1.807, 2.05) is 29.1 Å². The lowest BCUT2D eigenvalue weighted by molar-refractivity contribution is 0.660. The maximum absolute atomic E-state index is 4.30. The van der Waals surface area contributed by atoms with Crippen molar-refractivity contribution >= 4 is 13.9 Å². The fraction of sp³-hybridized carbons (Fsp3) is 0.357. The van der Waals surface area contributed by atoms with Crippen LogP contribution in [0.3, 0.4) is 0 Å². The summed E-state index contributed by atoms with van der Waals surface area (Å²) in [7, 11) is -1.69. The lowest BCUT2D eigenvalue weighted by atomic mass is 10.6. The van der Waals surface area contributed by atoms with Gasteiger partial charge in [-0.05, 0) is 25.1 Å². The first-order valence-electron chi connectivity index (χ1n) is 6.33. The minimum atomic E-state index is -1.69. The van der Waals surface area contributed by atoms with Crippen molar-refractivity contribution in [2.45, 2.75) is 31.6 Å². The first-order chi connectivity index (χ1) is 8.69. The summed E-state index contributed by atoms with van der Waals surface area (Å²) >= 11 is 0. The van der Waals surface area contributed by atoms with Crippen molar-refractivity contribution in [3.05, 3.63) is 50.4 Å². The van der Waals surface area contributed by atoms with E-state index in [9.17, 15) is 0 Å². The van der Waals surface area contributed by atoms with Crippen LogP contribution >= 0.6 is 0 Å². The van der Waals surface area contributed by atoms with Gasteiger partial charge in [0, 0.05) is 12.7 Å². The number of nitrogens with zero attached hydrogens (tertiary/aromatic N) is 2. The highest BCUT2D eigenvalue weighted by molar-refractivity contribution is 6.83. The molecule has 1 heterocycles. The molecule has 0 saturated carbocycles. The largest absolute Gasteiger partial charge is 0.407 e. The molecule has 1 aromatic heterocycles. The van der Waals surface area contributed by atoms with Crippen LogP contribution in [0, 0.1) is 0 Å². The van der Waals surface area contributed by atoms with Crippen LogP contribution in [0.25, 0.3) is 0 Å². The minimum Gasteiger partial charge on any atom is -0.407 e. The van der Waals surface area contributed by atoms with Gasteiger partial charge in [-0.2, -0.15) is 5.10 Å². The Morgan fingerprint density at radius 3 is 2.17 bits per heavy atom. The maximum atomic E-state index is 4.30. The number of hydrogen-bond donors (Lipinski definition) is 1. The van der Waals surface area contributed by atoms with Crippen LogP contribution in [-0.2, 0) is 6.54 Å². The number of allylic oxidation sites excluding steroid dienone is 3. The highest BCUT2D eigenvalue weighted by Crippen LogP contribution is 2.25. The van der Waals surface area contributed by atoms with E-state index in [0.717, 1.165) is 30.4 Å². The summed E-state index contributed by atoms with van der Waals surface area (Å²) in [6.07, 6.45) is 9.93. The lowest BCUT2D eigenvalue weighted by Crippen LogP contribution is -2.42. The Bertz CT molecular complexity index is 382. The maximum Gasteiger partial charge on any atom is 0.164 e. The Labute approximate surface area is 111 Å². The van der Waals surface area contributed by atoms with Crippen molar-refractivity contribution in [1.29, 1.82) is 0 Å². The second kappa shape index (κ2) is 7.01. The molecule has 0 radical (unpaired) electrons. The number of hydrogen-bond acceptors (Lipinski definition) is 2. The third-order valence-electron chi connectivity index (χ3n) is 2.97. The van der Waals surface area contributed by atoms with Gasteiger partial charge < -0.3 is 4.98 Å². The molecule has 0 saturated heterocycles. The summed E-state index contributed by atoms with van der Waals surface area (Å²) in [5, 5.41) is 4.30. The second-order valence-corrected chi connectivity index (χ2v) is 8.50. The summed E-state index contributed by atoms with van der Waals surface area (Å²) in [6, 6.07) is 3.01. The molecule has 1 N–H and O–H groups in total. The van der Waals surface area contributed by atoms with Gasteiger partial charge in [0.25, 0.3) is 0 Å². The Balaban J connectivity index is 2.89. The van der Waals surface area contributed by atoms with Gasteiger partial charge in [0.2, 0.25) is 0 Å². The highest BCUT2D eigenvalue weighted by atomic mass is 28.3. The third-order valence-corrected chi connectivity index (χ3v) is 7.00. The van der Waals surface area contributed by atoms with Crippen LogP contribution in [0.4, 0.5) is 5.69 Å². The third kappa shape index (κ3) is 3.73. The average molecular weight is 261 g/mol. The minimum absolute atomic E-state index is 0.889. The molecule has 0 aliphatic rings. The first kappa shape index (κ1) is 14.5. The fourth-order valence-corrected chi connectivity index (χ4v) is 5.34. The molecule has 1 rings (SSSR count). The molecule has 3 nitrogen and oxygen atoms in total. The van der Waals surface area contributed by atoms with Crippen LogP contribution < -0.4 is 4.98 Å². The lowest BCUT2D eigenvalue weighted by Gasteiger charge is -2.29. The molecule has 98 valence electrons. The van der Waals surface area contributed by atoms with Crippen LogP contribution in [0.2, 0.25) is 18.1 Å². The number of anilines is 1. The van der Waals surface area contributed by atoms with Crippen molar-refractivity contribution in [2.75, 3.05) is 4.98 Å². The van der Waals surface area contributed by atoms with Gasteiger partial charge in [-0.1, -0.05) is 18.2 Å². The molecule has 0 atom stereocenters. The molecule has 0 aliphatic heterocycles. The Morgan fingerprint density at radius 2 is 1.78 bits per heavy atom. The molecule has 0 aromatic carbocycles. The Morgan fingerprint density at radius 1 is 1.22 bits per heavy atom. The van der Waals surface area contributed by atoms with E-state index in [-0.39, 0.29) is 0 Å². The van der Waals surface area contributed by atoms with E-state index >= 15 is 0 Å². The molecule has 0 aliphatic carbocycles. The van der Waals surface area contributed by atoms with Crippen molar-refractivity contribution in [3.8, 4) is 0 Å². The summed E-state index contributed by atoms with van der Waals surface area (Å²) in [5.41, 5.74) is 1.09. The van der Waals surface area contributed by atoms with Crippen molar-refractivity contribution in [3.63, 3.8) is 0 Å². The molecule has 0 amide bonds. The smallest absolute Gasteiger partial charge is 0.164 e. The van der Waals surface area contributed by atoms with Crippen LogP contribution in [0.15, 0.2) is 50.4 Å². The van der Waals surface area contributed by atoms with E-state index in [4.69, 9.17) is 0 Å². The molecule has 0 unspecified atom stereocenters. The zero-order valence-corrected chi connectivity index (χ0v) is 12.2. The van der Waals surface area contributed by atoms with Crippen molar-refractivity contribution in [2.24, 2.45) is 0 Å². The van der Waals surface area contributed by atoms with Crippen LogP contribution in [-0.4, -0.2) is 18.0 Å². The van der Waals surface area contributed by atoms with Gasteiger partial charge in [-0.15, -0.1) is 19.7 Å². The van der Waals surface area contributed by atoms with Gasteiger partial charge in [-0.3, -0.25) is 4.68 Å². The SMILES string of the molecule is C=CC[Si](CC=C)(CC=C)Nc1cnn(CC)c1. The van der Waals surface area contributed by atoms with Gasteiger partial charge in [-0.25, -0.2) is 0 Å². The average Bonchev–Trinajstić information content (AvgIpc) is 2.77. The molecular weight excluding hydrogens is 238 g/mol.